The summed E-state index contributed by atoms with van der Waals surface area (Å²) in [4.78, 5) is 3.50. The summed E-state index contributed by atoms with van der Waals surface area (Å²) in [5, 5.41) is 17.9. The second-order valence-electron chi connectivity index (χ2n) is 8.29. The van der Waals surface area contributed by atoms with Crippen molar-refractivity contribution in [2.75, 3.05) is 6.54 Å². The lowest BCUT2D eigenvalue weighted by molar-refractivity contribution is 0.328. The van der Waals surface area contributed by atoms with E-state index in [9.17, 15) is 0 Å². The Morgan fingerprint density at radius 2 is 1.77 bits per heavy atom. The normalized spacial score (nSPS) is 13.6. The molecule has 0 aliphatic carbocycles. The summed E-state index contributed by atoms with van der Waals surface area (Å²) in [6.45, 7) is 11.6. The van der Waals surface area contributed by atoms with Crippen LogP contribution in [0.4, 0.5) is 0 Å². The minimum atomic E-state index is -0.335. The molecule has 0 saturated heterocycles. The summed E-state index contributed by atoms with van der Waals surface area (Å²) < 4.78 is 1.90. The van der Waals surface area contributed by atoms with Crippen LogP contribution < -0.4 is 5.32 Å². The van der Waals surface area contributed by atoms with E-state index in [0.717, 1.165) is 42.0 Å². The van der Waals surface area contributed by atoms with E-state index in [0.29, 0.717) is 0 Å². The predicted molar refractivity (Wildman–Crippen MR) is 121 cm³/mol. The van der Waals surface area contributed by atoms with E-state index in [1.54, 1.807) is 0 Å². The number of benzene rings is 2. The Hall–Kier alpha value is -2.99. The van der Waals surface area contributed by atoms with Crippen molar-refractivity contribution in [1.82, 2.24) is 30.5 Å². The van der Waals surface area contributed by atoms with Crippen molar-refractivity contribution in [2.45, 2.75) is 53.0 Å². The van der Waals surface area contributed by atoms with Crippen LogP contribution in [0.15, 0.2) is 42.5 Å². The minimum Gasteiger partial charge on any atom is -0.358 e. The molecule has 2 aromatic heterocycles. The summed E-state index contributed by atoms with van der Waals surface area (Å²) in [6, 6.07) is 14.8. The monoisotopic (exact) mass is 402 g/mol. The van der Waals surface area contributed by atoms with Crippen LogP contribution in [-0.2, 0) is 12.0 Å². The highest BCUT2D eigenvalue weighted by Gasteiger charge is 2.31. The number of hydrogen-bond acceptors (Lipinski definition) is 4. The molecule has 0 fully saturated rings. The maximum Gasteiger partial charge on any atom is 0.176 e. The Morgan fingerprint density at radius 3 is 2.50 bits per heavy atom. The van der Waals surface area contributed by atoms with Gasteiger partial charge < -0.3 is 10.3 Å². The predicted octanol–water partition coefficient (Wildman–Crippen LogP) is 4.53. The van der Waals surface area contributed by atoms with E-state index in [1.165, 1.54) is 22.2 Å². The molecule has 156 valence electrons. The zero-order valence-electron chi connectivity index (χ0n) is 18.5. The molecule has 0 radical (unpaired) electrons. The first kappa shape index (κ1) is 20.3. The van der Waals surface area contributed by atoms with Gasteiger partial charge in [-0.2, -0.15) is 4.68 Å². The fourth-order valence-electron chi connectivity index (χ4n) is 4.30. The molecule has 6 nitrogen and oxygen atoms in total. The van der Waals surface area contributed by atoms with Gasteiger partial charge in [0.05, 0.1) is 11.2 Å². The number of tetrazole rings is 1. The average Bonchev–Trinajstić information content (AvgIpc) is 3.33. The van der Waals surface area contributed by atoms with E-state index in [1.807, 2.05) is 4.68 Å². The Bertz CT molecular complexity index is 1150. The Morgan fingerprint density at radius 1 is 1.03 bits per heavy atom. The Kier molecular flexibility index (Phi) is 5.43. The van der Waals surface area contributed by atoms with Gasteiger partial charge in [-0.15, -0.1) is 5.10 Å². The van der Waals surface area contributed by atoms with Gasteiger partial charge in [-0.05, 0) is 73.7 Å². The maximum absolute atomic E-state index is 4.43. The Labute approximate surface area is 177 Å². The van der Waals surface area contributed by atoms with Crippen molar-refractivity contribution >= 4 is 10.9 Å². The van der Waals surface area contributed by atoms with Crippen LogP contribution in [0, 0.1) is 20.8 Å². The van der Waals surface area contributed by atoms with Crippen LogP contribution in [0.2, 0.25) is 0 Å². The molecule has 4 aromatic rings. The second-order valence-corrected chi connectivity index (χ2v) is 8.29. The summed E-state index contributed by atoms with van der Waals surface area (Å²) in [5.41, 5.74) is 6.85. The lowest BCUT2D eigenvalue weighted by Crippen LogP contribution is -2.42. The summed E-state index contributed by atoms with van der Waals surface area (Å²) in [7, 11) is 0. The third kappa shape index (κ3) is 3.52. The zero-order chi connectivity index (χ0) is 21.3. The first-order chi connectivity index (χ1) is 14.4. The molecule has 0 aliphatic heterocycles. The molecule has 2 aromatic carbocycles. The van der Waals surface area contributed by atoms with Gasteiger partial charge in [0.25, 0.3) is 0 Å². The van der Waals surface area contributed by atoms with Gasteiger partial charge in [-0.3, -0.25) is 0 Å². The van der Waals surface area contributed by atoms with Crippen molar-refractivity contribution in [3.8, 4) is 5.69 Å². The fourth-order valence-corrected chi connectivity index (χ4v) is 4.30. The average molecular weight is 403 g/mol. The SMILES string of the molecule is CCC(C)(NCCc1c(C)[nH]c2ccccc12)c1nnnn1-c1c(C)cccc1C. The lowest BCUT2D eigenvalue weighted by atomic mass is 9.96. The molecule has 1 unspecified atom stereocenters. The van der Waals surface area contributed by atoms with Crippen molar-refractivity contribution in [2.24, 2.45) is 0 Å². The highest BCUT2D eigenvalue weighted by Crippen LogP contribution is 2.27. The number of aryl methyl sites for hydroxylation is 3. The fraction of sp³-hybridized carbons (Fsp3) is 0.375. The molecule has 0 aliphatic rings. The van der Waals surface area contributed by atoms with Crippen molar-refractivity contribution in [3.63, 3.8) is 0 Å². The molecule has 0 amide bonds. The third-order valence-electron chi connectivity index (χ3n) is 6.24. The quantitative estimate of drug-likeness (QED) is 0.477. The van der Waals surface area contributed by atoms with E-state index in [4.69, 9.17) is 0 Å². The number of para-hydroxylation sites is 2. The van der Waals surface area contributed by atoms with Crippen LogP contribution in [0.1, 0.15) is 48.5 Å². The molecule has 2 N–H and O–H groups in total. The van der Waals surface area contributed by atoms with E-state index >= 15 is 0 Å². The van der Waals surface area contributed by atoms with E-state index < -0.39 is 0 Å². The molecule has 6 heteroatoms. The molecule has 0 bridgehead atoms. The van der Waals surface area contributed by atoms with Gasteiger partial charge in [-0.25, -0.2) is 0 Å². The van der Waals surface area contributed by atoms with Crippen molar-refractivity contribution in [1.29, 1.82) is 0 Å². The third-order valence-corrected chi connectivity index (χ3v) is 6.24. The standard InChI is InChI=1S/C24H30N6/c1-6-24(5,23-27-28-29-30(23)22-16(2)10-9-11-17(22)3)25-15-14-19-18(4)26-21-13-8-7-12-20(19)21/h7-13,25-26H,6,14-15H2,1-5H3. The largest absolute Gasteiger partial charge is 0.358 e. The van der Waals surface area contributed by atoms with Crippen LogP contribution in [0.25, 0.3) is 16.6 Å². The van der Waals surface area contributed by atoms with E-state index in [2.05, 4.69) is 103 Å². The van der Waals surface area contributed by atoms with Crippen LogP contribution in [0.3, 0.4) is 0 Å². The summed E-state index contributed by atoms with van der Waals surface area (Å²) >= 11 is 0. The maximum atomic E-state index is 4.43. The molecule has 0 spiro atoms. The highest BCUT2D eigenvalue weighted by atomic mass is 15.6. The lowest BCUT2D eigenvalue weighted by Gasteiger charge is -2.29. The molecular formula is C24H30N6. The Balaban J connectivity index is 1.60. The molecule has 2 heterocycles. The number of H-pyrrole nitrogens is 1. The number of hydrogen-bond donors (Lipinski definition) is 2. The number of nitrogens with one attached hydrogen (secondary N) is 2. The molecule has 30 heavy (non-hydrogen) atoms. The van der Waals surface area contributed by atoms with Crippen LogP contribution in [-0.4, -0.2) is 31.7 Å². The summed E-state index contributed by atoms with van der Waals surface area (Å²) in [6.07, 6.45) is 1.82. The smallest absolute Gasteiger partial charge is 0.176 e. The van der Waals surface area contributed by atoms with Gasteiger partial charge >= 0.3 is 0 Å². The second kappa shape index (κ2) is 8.03. The number of rotatable bonds is 7. The molecule has 0 saturated carbocycles. The van der Waals surface area contributed by atoms with Gasteiger partial charge in [-0.1, -0.05) is 43.3 Å². The molecule has 4 rings (SSSR count). The van der Waals surface area contributed by atoms with Crippen molar-refractivity contribution < 1.29 is 0 Å². The van der Waals surface area contributed by atoms with Crippen LogP contribution in [0.5, 0.6) is 0 Å². The molecule has 1 atom stereocenters. The van der Waals surface area contributed by atoms with Gasteiger partial charge in [0.1, 0.15) is 0 Å². The first-order valence-corrected chi connectivity index (χ1v) is 10.6. The number of aromatic amines is 1. The first-order valence-electron chi connectivity index (χ1n) is 10.6. The molecular weight excluding hydrogens is 372 g/mol. The number of aromatic nitrogens is 5. The van der Waals surface area contributed by atoms with Gasteiger partial charge in [0, 0.05) is 23.1 Å². The minimum absolute atomic E-state index is 0.335. The van der Waals surface area contributed by atoms with Gasteiger partial charge in [0.15, 0.2) is 5.82 Å². The topological polar surface area (TPSA) is 71.4 Å². The van der Waals surface area contributed by atoms with Gasteiger partial charge in [0.2, 0.25) is 0 Å². The van der Waals surface area contributed by atoms with Crippen molar-refractivity contribution in [3.05, 3.63) is 70.7 Å². The van der Waals surface area contributed by atoms with E-state index in [-0.39, 0.29) is 5.54 Å². The summed E-state index contributed by atoms with van der Waals surface area (Å²) in [5.74, 6) is 0.845. The van der Waals surface area contributed by atoms with Crippen LogP contribution >= 0.6 is 0 Å². The number of fused-ring (bicyclic) bond motifs is 1. The highest BCUT2D eigenvalue weighted by molar-refractivity contribution is 5.84. The zero-order valence-corrected chi connectivity index (χ0v) is 18.5. The number of nitrogens with zero attached hydrogens (tertiary/aromatic N) is 4.